The van der Waals surface area contributed by atoms with Gasteiger partial charge in [-0.2, -0.15) is 0 Å². The van der Waals surface area contributed by atoms with Crippen LogP contribution in [0.25, 0.3) is 11.1 Å². The Kier molecular flexibility index (Phi) is 12.5. The van der Waals surface area contributed by atoms with Gasteiger partial charge in [-0.15, -0.1) is 0 Å². The van der Waals surface area contributed by atoms with Gasteiger partial charge in [-0.25, -0.2) is 4.79 Å². The summed E-state index contributed by atoms with van der Waals surface area (Å²) in [6.45, 7) is 5.52. The average Bonchev–Trinajstić information content (AvgIpc) is 3.25. The molecule has 0 bridgehead atoms. The molecule has 6 aromatic carbocycles. The Bertz CT molecular complexity index is 2150. The smallest absolute Gasteiger partial charge is 0.319 e. The highest BCUT2D eigenvalue weighted by Gasteiger charge is 2.39. The lowest BCUT2D eigenvalue weighted by molar-refractivity contribution is -0.276. The molecule has 1 aliphatic heterocycles. The maximum atomic E-state index is 12.8. The topological polar surface area (TPSA) is 92.3 Å². The molecule has 8 nitrogen and oxygen atoms in total. The number of nitrogens with zero attached hydrogens (tertiary/aromatic N) is 1. The first-order chi connectivity index (χ1) is 27.3. The second kappa shape index (κ2) is 18.2. The number of hydrogen-bond donors (Lipinski definition) is 3. The molecule has 286 valence electrons. The van der Waals surface area contributed by atoms with Crippen LogP contribution in [0, 0.1) is 5.92 Å². The van der Waals surface area contributed by atoms with E-state index in [-0.39, 0.29) is 36.8 Å². The maximum absolute atomic E-state index is 12.8. The van der Waals surface area contributed by atoms with E-state index in [0.29, 0.717) is 18.0 Å². The van der Waals surface area contributed by atoms with Gasteiger partial charge in [0.25, 0.3) is 0 Å². The Morgan fingerprint density at radius 2 is 1.39 bits per heavy atom. The molecule has 0 aliphatic carbocycles. The molecular formula is C48H49N3O5. The van der Waals surface area contributed by atoms with Crippen molar-refractivity contribution in [3.8, 4) is 22.6 Å². The minimum atomic E-state index is -0.560. The van der Waals surface area contributed by atoms with Crippen molar-refractivity contribution in [2.45, 2.75) is 51.5 Å². The summed E-state index contributed by atoms with van der Waals surface area (Å²) in [4.78, 5) is 15.1. The number of aliphatic hydroxyl groups excluding tert-OH is 1. The van der Waals surface area contributed by atoms with Gasteiger partial charge < -0.3 is 30.0 Å². The van der Waals surface area contributed by atoms with Gasteiger partial charge >= 0.3 is 6.03 Å². The number of nitrogens with one attached hydrogen (secondary N) is 2. The summed E-state index contributed by atoms with van der Waals surface area (Å²) < 4.78 is 19.4. The van der Waals surface area contributed by atoms with Gasteiger partial charge in [0, 0.05) is 36.3 Å². The minimum absolute atomic E-state index is 0.000592. The van der Waals surface area contributed by atoms with E-state index in [1.165, 1.54) is 5.56 Å². The van der Waals surface area contributed by atoms with Crippen LogP contribution in [0.1, 0.15) is 60.1 Å². The zero-order valence-corrected chi connectivity index (χ0v) is 32.0. The number of benzene rings is 6. The number of amides is 2. The number of urea groups is 1. The van der Waals surface area contributed by atoms with Crippen LogP contribution in [0.15, 0.2) is 158 Å². The normalized spacial score (nSPS) is 18.6. The quantitative estimate of drug-likeness (QED) is 0.109. The lowest BCUT2D eigenvalue weighted by Gasteiger charge is -2.43. The third-order valence-corrected chi connectivity index (χ3v) is 10.5. The van der Waals surface area contributed by atoms with E-state index >= 15 is 0 Å². The fourth-order valence-corrected chi connectivity index (χ4v) is 7.04. The first-order valence-corrected chi connectivity index (χ1v) is 19.2. The number of anilines is 1. The highest BCUT2D eigenvalue weighted by atomic mass is 16.7. The Hall–Kier alpha value is -5.77. The third-order valence-electron chi connectivity index (χ3n) is 10.5. The summed E-state index contributed by atoms with van der Waals surface area (Å²) in [6, 6.07) is 51.8. The summed E-state index contributed by atoms with van der Waals surface area (Å²) in [5.74, 6) is 1.52. The molecule has 1 aliphatic rings. The minimum Gasteiger partial charge on any atom is -0.457 e. The lowest BCUT2D eigenvalue weighted by atomic mass is 9.89. The standard InChI is InChI=1S/C48H49N3O5/c1-33-45(31-51(3)34(2)37-12-6-4-7-13-37)55-47(56-46(33)39-19-17-35(32-52)18-20-39)40-23-21-38(22-24-40)41-14-10-11-36(29-41)30-49-48(53)50-42-25-27-44(28-26-42)54-43-15-8-5-9-16-43/h4-29,33-34,45-47,52H,30-32H2,1-3H3,(H2,49,50,53)/t33-,34+,45+,46+,47+/m1/s1. The average molecular weight is 748 g/mol. The van der Waals surface area contributed by atoms with Crippen LogP contribution >= 0.6 is 0 Å². The van der Waals surface area contributed by atoms with E-state index in [1.807, 2.05) is 84.9 Å². The molecule has 0 radical (unpaired) electrons. The zero-order valence-electron chi connectivity index (χ0n) is 32.0. The molecule has 1 fully saturated rings. The van der Waals surface area contributed by atoms with Crippen molar-refractivity contribution in [2.24, 2.45) is 5.92 Å². The van der Waals surface area contributed by atoms with Crippen molar-refractivity contribution in [1.29, 1.82) is 0 Å². The van der Waals surface area contributed by atoms with E-state index in [2.05, 4.69) is 109 Å². The van der Waals surface area contributed by atoms with E-state index < -0.39 is 6.29 Å². The number of carbonyl (C=O) groups is 1. The van der Waals surface area contributed by atoms with Crippen LogP contribution in [0.5, 0.6) is 11.5 Å². The number of carbonyl (C=O) groups excluding carboxylic acids is 1. The summed E-state index contributed by atoms with van der Waals surface area (Å²) in [5, 5.41) is 15.5. The fourth-order valence-electron chi connectivity index (χ4n) is 7.04. The third kappa shape index (κ3) is 9.72. The molecule has 1 heterocycles. The Morgan fingerprint density at radius 3 is 2.09 bits per heavy atom. The van der Waals surface area contributed by atoms with Crippen molar-refractivity contribution in [1.82, 2.24) is 10.2 Å². The van der Waals surface area contributed by atoms with Gasteiger partial charge in [0.05, 0.1) is 18.8 Å². The van der Waals surface area contributed by atoms with Gasteiger partial charge in [0.15, 0.2) is 6.29 Å². The number of likely N-dealkylation sites (N-methyl/N-ethyl adjacent to an activating group) is 1. The largest absolute Gasteiger partial charge is 0.457 e. The lowest BCUT2D eigenvalue weighted by Crippen LogP contribution is -2.44. The van der Waals surface area contributed by atoms with Crippen molar-refractivity contribution >= 4 is 11.7 Å². The number of para-hydroxylation sites is 1. The summed E-state index contributed by atoms with van der Waals surface area (Å²) in [6.07, 6.45) is -0.850. The molecule has 56 heavy (non-hydrogen) atoms. The fraction of sp³-hybridized carbons (Fsp3) is 0.229. The van der Waals surface area contributed by atoms with Gasteiger partial charge in [-0.1, -0.05) is 122 Å². The van der Waals surface area contributed by atoms with Crippen LogP contribution in [0.4, 0.5) is 10.5 Å². The zero-order chi connectivity index (χ0) is 38.9. The predicted molar refractivity (Wildman–Crippen MR) is 221 cm³/mol. The van der Waals surface area contributed by atoms with Crippen molar-refractivity contribution < 1.29 is 24.1 Å². The molecule has 5 atom stereocenters. The number of rotatable bonds is 13. The van der Waals surface area contributed by atoms with E-state index in [4.69, 9.17) is 14.2 Å². The molecule has 0 unspecified atom stereocenters. The number of hydrogen-bond acceptors (Lipinski definition) is 6. The Morgan fingerprint density at radius 1 is 0.732 bits per heavy atom. The van der Waals surface area contributed by atoms with Crippen LogP contribution < -0.4 is 15.4 Å². The predicted octanol–water partition coefficient (Wildman–Crippen LogP) is 10.4. The highest BCUT2D eigenvalue weighted by Crippen LogP contribution is 2.42. The van der Waals surface area contributed by atoms with Crippen molar-refractivity contribution in [3.05, 3.63) is 186 Å². The Balaban J connectivity index is 0.998. The Labute approximate surface area is 329 Å². The van der Waals surface area contributed by atoms with Crippen LogP contribution in [-0.4, -0.2) is 35.7 Å². The number of ether oxygens (including phenoxy) is 3. The van der Waals surface area contributed by atoms with Crippen LogP contribution in [0.3, 0.4) is 0 Å². The molecule has 8 heteroatoms. The molecular weight excluding hydrogens is 699 g/mol. The van der Waals surface area contributed by atoms with Gasteiger partial charge in [0.2, 0.25) is 0 Å². The monoisotopic (exact) mass is 747 g/mol. The molecule has 1 saturated heterocycles. The SMILES string of the molecule is C[C@@H]1[C@H](CN(C)[C@@H](C)c2ccccc2)O[C@H](c2ccc(-c3cccc(CNC(=O)Nc4ccc(Oc5ccccc5)cc4)c3)cc2)O[C@@H]1c1ccc(CO)cc1. The summed E-state index contributed by atoms with van der Waals surface area (Å²) >= 11 is 0. The van der Waals surface area contributed by atoms with E-state index in [1.54, 1.807) is 0 Å². The molecule has 6 aromatic rings. The maximum Gasteiger partial charge on any atom is 0.319 e. The number of aliphatic hydroxyl groups is 1. The van der Waals surface area contributed by atoms with E-state index in [9.17, 15) is 9.90 Å². The van der Waals surface area contributed by atoms with Crippen LogP contribution in [0.2, 0.25) is 0 Å². The van der Waals surface area contributed by atoms with Crippen molar-refractivity contribution in [2.75, 3.05) is 18.9 Å². The molecule has 0 spiro atoms. The van der Waals surface area contributed by atoms with E-state index in [0.717, 1.165) is 45.7 Å². The van der Waals surface area contributed by atoms with Gasteiger partial charge in [-0.05, 0) is 89.8 Å². The molecule has 0 aromatic heterocycles. The first kappa shape index (κ1) is 38.5. The van der Waals surface area contributed by atoms with Gasteiger partial charge in [-0.3, -0.25) is 4.90 Å². The van der Waals surface area contributed by atoms with Gasteiger partial charge in [0.1, 0.15) is 11.5 Å². The summed E-state index contributed by atoms with van der Waals surface area (Å²) in [5.41, 5.74) is 7.87. The first-order valence-electron chi connectivity index (χ1n) is 19.2. The van der Waals surface area contributed by atoms with Crippen LogP contribution in [-0.2, 0) is 22.6 Å². The molecule has 7 rings (SSSR count). The summed E-state index contributed by atoms with van der Waals surface area (Å²) in [7, 11) is 2.15. The molecule has 3 N–H and O–H groups in total. The molecule has 0 saturated carbocycles. The second-order valence-corrected chi connectivity index (χ2v) is 14.4. The highest BCUT2D eigenvalue weighted by molar-refractivity contribution is 5.89. The molecule has 2 amide bonds. The van der Waals surface area contributed by atoms with Crippen molar-refractivity contribution in [3.63, 3.8) is 0 Å². The second-order valence-electron chi connectivity index (χ2n) is 14.4.